The predicted molar refractivity (Wildman–Crippen MR) is 144 cm³/mol. The Kier molecular flexibility index (Phi) is 9.45. The van der Waals surface area contributed by atoms with Crippen molar-refractivity contribution in [2.24, 2.45) is 5.92 Å². The number of halogens is 4. The van der Waals surface area contributed by atoms with Crippen LogP contribution in [0.5, 0.6) is 0 Å². The fourth-order valence-corrected chi connectivity index (χ4v) is 6.29. The second kappa shape index (κ2) is 11.9. The number of hydrogen-bond donors (Lipinski definition) is 2. The Hall–Kier alpha value is -2.27. The van der Waals surface area contributed by atoms with Gasteiger partial charge in [-0.25, -0.2) is 8.42 Å². The molecule has 212 valence electrons. The number of nitrogens with zero attached hydrogens (tertiary/aromatic N) is 2. The standard InChI is InChI=1S/C26H36ClF3N4O3S/c1-6-34-24(20-12-9-18(13-21(20)15(2)3)32-16(4)26(28,29)30)22(27)23(33-34)25(35)31-14-17-7-10-19(11-8-17)38(5,36)37/h9,12-13,15-17,19,32H,6-8,10-11,14H2,1-5H3,(H,31,35). The van der Waals surface area contributed by atoms with Gasteiger partial charge in [0.05, 0.1) is 16.0 Å². The smallest absolute Gasteiger partial charge is 0.374 e. The minimum absolute atomic E-state index is 0.0384. The fourth-order valence-electron chi connectivity index (χ4n) is 4.83. The molecule has 1 heterocycles. The van der Waals surface area contributed by atoms with Gasteiger partial charge in [0.25, 0.3) is 5.91 Å². The molecule has 0 radical (unpaired) electrons. The molecule has 0 bridgehead atoms. The maximum atomic E-state index is 13.1. The van der Waals surface area contributed by atoms with Crippen LogP contribution in [0.1, 0.15) is 75.3 Å². The third-order valence-corrected chi connectivity index (χ3v) is 9.20. The first-order valence-corrected chi connectivity index (χ1v) is 15.2. The Morgan fingerprint density at radius 1 is 1.18 bits per heavy atom. The largest absolute Gasteiger partial charge is 0.408 e. The first kappa shape index (κ1) is 30.3. The number of aromatic nitrogens is 2. The van der Waals surface area contributed by atoms with Gasteiger partial charge in [-0.1, -0.05) is 31.5 Å². The number of nitrogens with one attached hydrogen (secondary N) is 2. The summed E-state index contributed by atoms with van der Waals surface area (Å²) in [6.45, 7) is 7.62. The lowest BCUT2D eigenvalue weighted by molar-refractivity contribution is -0.138. The highest BCUT2D eigenvalue weighted by Gasteiger charge is 2.36. The lowest BCUT2D eigenvalue weighted by atomic mass is 9.89. The van der Waals surface area contributed by atoms with E-state index in [-0.39, 0.29) is 27.8 Å². The molecule has 0 aliphatic heterocycles. The molecule has 1 aromatic carbocycles. The van der Waals surface area contributed by atoms with E-state index in [4.69, 9.17) is 11.6 Å². The molecule has 1 aliphatic carbocycles. The van der Waals surface area contributed by atoms with Gasteiger partial charge in [0, 0.05) is 30.6 Å². The number of rotatable bonds is 9. The number of aryl methyl sites for hydroxylation is 1. The van der Waals surface area contributed by atoms with Crippen LogP contribution in [-0.2, 0) is 16.4 Å². The first-order valence-electron chi connectivity index (χ1n) is 12.8. The molecule has 1 aliphatic rings. The summed E-state index contributed by atoms with van der Waals surface area (Å²) in [6.07, 6.45) is -0.521. The van der Waals surface area contributed by atoms with Gasteiger partial charge in [0.2, 0.25) is 0 Å². The van der Waals surface area contributed by atoms with Crippen molar-refractivity contribution in [1.82, 2.24) is 15.1 Å². The van der Waals surface area contributed by atoms with Crippen LogP contribution in [0, 0.1) is 5.92 Å². The van der Waals surface area contributed by atoms with Crippen LogP contribution in [0.25, 0.3) is 11.3 Å². The van der Waals surface area contributed by atoms with Crippen LogP contribution < -0.4 is 10.6 Å². The van der Waals surface area contributed by atoms with Crippen LogP contribution >= 0.6 is 11.6 Å². The van der Waals surface area contributed by atoms with Crippen molar-refractivity contribution in [3.05, 3.63) is 34.5 Å². The molecule has 1 aromatic heterocycles. The molecule has 0 spiro atoms. The Morgan fingerprint density at radius 3 is 2.34 bits per heavy atom. The van der Waals surface area contributed by atoms with E-state index in [0.29, 0.717) is 55.7 Å². The molecule has 2 aromatic rings. The van der Waals surface area contributed by atoms with E-state index in [9.17, 15) is 26.4 Å². The minimum atomic E-state index is -4.38. The Balaban J connectivity index is 1.82. The van der Waals surface area contributed by atoms with Crippen molar-refractivity contribution < 1.29 is 26.4 Å². The Bertz CT molecular complexity index is 1250. The normalized spacial score (nSPS) is 19.4. The third kappa shape index (κ3) is 7.02. The summed E-state index contributed by atoms with van der Waals surface area (Å²) in [5.41, 5.74) is 2.42. The van der Waals surface area contributed by atoms with Crippen LogP contribution in [-0.4, -0.2) is 54.4 Å². The SMILES string of the molecule is CCn1nc(C(=O)NCC2CCC(S(C)(=O)=O)CC2)c(Cl)c1-c1ccc(NC(C)C(F)(F)F)cc1C(C)C. The second-order valence-corrected chi connectivity index (χ2v) is 13.1. The lowest BCUT2D eigenvalue weighted by Gasteiger charge is -2.27. The minimum Gasteiger partial charge on any atom is -0.374 e. The topological polar surface area (TPSA) is 93.1 Å². The monoisotopic (exact) mass is 576 g/mol. The van der Waals surface area contributed by atoms with E-state index < -0.39 is 28.0 Å². The summed E-state index contributed by atoms with van der Waals surface area (Å²) < 4.78 is 64.4. The number of anilines is 1. The molecular formula is C26H36ClF3N4O3S. The molecule has 0 saturated heterocycles. The van der Waals surface area contributed by atoms with Crippen molar-refractivity contribution in [2.45, 2.75) is 83.3 Å². The quantitative estimate of drug-likeness (QED) is 0.379. The van der Waals surface area contributed by atoms with Gasteiger partial charge < -0.3 is 10.6 Å². The summed E-state index contributed by atoms with van der Waals surface area (Å²) in [7, 11) is -3.06. The Labute approximate surface area is 227 Å². The number of alkyl halides is 3. The van der Waals surface area contributed by atoms with E-state index in [2.05, 4.69) is 15.7 Å². The molecule has 38 heavy (non-hydrogen) atoms. The number of hydrogen-bond acceptors (Lipinski definition) is 5. The first-order chi connectivity index (χ1) is 17.6. The van der Waals surface area contributed by atoms with E-state index >= 15 is 0 Å². The summed E-state index contributed by atoms with van der Waals surface area (Å²) in [4.78, 5) is 13.0. The van der Waals surface area contributed by atoms with Crippen LogP contribution in [0.3, 0.4) is 0 Å². The highest BCUT2D eigenvalue weighted by molar-refractivity contribution is 7.91. The summed E-state index contributed by atoms with van der Waals surface area (Å²) in [5, 5.41) is 9.70. The summed E-state index contributed by atoms with van der Waals surface area (Å²) in [6, 6.07) is 3.24. The lowest BCUT2D eigenvalue weighted by Crippen LogP contribution is -2.34. The van der Waals surface area contributed by atoms with E-state index in [1.54, 1.807) is 22.9 Å². The van der Waals surface area contributed by atoms with Crippen molar-refractivity contribution in [3.8, 4) is 11.3 Å². The molecule has 1 fully saturated rings. The predicted octanol–water partition coefficient (Wildman–Crippen LogP) is 6.04. The molecule has 1 amide bonds. The van der Waals surface area contributed by atoms with Gasteiger partial charge in [-0.3, -0.25) is 9.48 Å². The van der Waals surface area contributed by atoms with Gasteiger partial charge >= 0.3 is 6.18 Å². The zero-order valence-corrected chi connectivity index (χ0v) is 23.9. The second-order valence-electron chi connectivity index (χ2n) is 10.4. The number of sulfone groups is 1. The van der Waals surface area contributed by atoms with Crippen LogP contribution in [0.15, 0.2) is 18.2 Å². The average Bonchev–Trinajstić information content (AvgIpc) is 3.17. The van der Waals surface area contributed by atoms with E-state index in [1.807, 2.05) is 20.8 Å². The third-order valence-electron chi connectivity index (χ3n) is 7.16. The van der Waals surface area contributed by atoms with Crippen LogP contribution in [0.4, 0.5) is 18.9 Å². The van der Waals surface area contributed by atoms with Gasteiger partial charge in [0.15, 0.2) is 5.69 Å². The molecule has 2 N–H and O–H groups in total. The molecular weight excluding hydrogens is 541 g/mol. The zero-order valence-electron chi connectivity index (χ0n) is 22.3. The van der Waals surface area contributed by atoms with Gasteiger partial charge in [-0.15, -0.1) is 0 Å². The van der Waals surface area contributed by atoms with Gasteiger partial charge in [-0.2, -0.15) is 18.3 Å². The van der Waals surface area contributed by atoms with Crippen molar-refractivity contribution in [3.63, 3.8) is 0 Å². The Morgan fingerprint density at radius 2 is 1.82 bits per heavy atom. The summed E-state index contributed by atoms with van der Waals surface area (Å²) >= 11 is 6.71. The number of benzene rings is 1. The van der Waals surface area contributed by atoms with Crippen molar-refractivity contribution in [1.29, 1.82) is 0 Å². The maximum absolute atomic E-state index is 13.1. The number of carbonyl (C=O) groups excluding carboxylic acids is 1. The van der Waals surface area contributed by atoms with Gasteiger partial charge in [0.1, 0.15) is 15.9 Å². The molecule has 3 rings (SSSR count). The van der Waals surface area contributed by atoms with E-state index in [1.165, 1.54) is 6.26 Å². The fraction of sp³-hybridized carbons (Fsp3) is 0.615. The molecule has 1 saturated carbocycles. The van der Waals surface area contributed by atoms with Crippen LogP contribution in [0.2, 0.25) is 5.02 Å². The molecule has 1 unspecified atom stereocenters. The highest BCUT2D eigenvalue weighted by Crippen LogP contribution is 2.38. The highest BCUT2D eigenvalue weighted by atomic mass is 35.5. The van der Waals surface area contributed by atoms with Crippen molar-refractivity contribution in [2.75, 3.05) is 18.1 Å². The number of carbonyl (C=O) groups is 1. The zero-order chi connectivity index (χ0) is 28.4. The average molecular weight is 577 g/mol. The molecule has 1 atom stereocenters. The number of amides is 1. The van der Waals surface area contributed by atoms with Gasteiger partial charge in [-0.05, 0) is 69.1 Å². The summed E-state index contributed by atoms with van der Waals surface area (Å²) in [5.74, 6) is -0.282. The van der Waals surface area contributed by atoms with E-state index in [0.717, 1.165) is 12.5 Å². The maximum Gasteiger partial charge on any atom is 0.408 e. The molecule has 12 heteroatoms. The van der Waals surface area contributed by atoms with Crippen molar-refractivity contribution >= 4 is 33.0 Å². The molecule has 7 nitrogen and oxygen atoms in total.